The fourth-order valence-electron chi connectivity index (χ4n) is 2.78. The molecule has 0 saturated heterocycles. The van der Waals surface area contributed by atoms with Crippen molar-refractivity contribution >= 4 is 5.97 Å². The molecule has 0 aromatic rings. The molecule has 0 spiro atoms. The SMILES string of the molecule is CC1=C(/C=C/C(C)=C/C=C/C(C)=C/C(=O)[O-])C(C)(C)CCC1O. The summed E-state index contributed by atoms with van der Waals surface area (Å²) < 4.78 is 0. The third-order valence-electron chi connectivity index (χ3n) is 4.27. The van der Waals surface area contributed by atoms with Gasteiger partial charge in [0.05, 0.1) is 12.1 Å². The smallest absolute Gasteiger partial charge is 0.0753 e. The van der Waals surface area contributed by atoms with Crippen molar-refractivity contribution in [1.82, 2.24) is 0 Å². The molecule has 0 amide bonds. The van der Waals surface area contributed by atoms with Crippen LogP contribution in [0, 0.1) is 5.41 Å². The van der Waals surface area contributed by atoms with Gasteiger partial charge in [0.2, 0.25) is 0 Å². The summed E-state index contributed by atoms with van der Waals surface area (Å²) in [6, 6.07) is 0. The van der Waals surface area contributed by atoms with Crippen LogP contribution < -0.4 is 5.11 Å². The van der Waals surface area contributed by atoms with Crippen molar-refractivity contribution in [2.45, 2.75) is 53.6 Å². The van der Waals surface area contributed by atoms with Crippen LogP contribution in [0.5, 0.6) is 0 Å². The van der Waals surface area contributed by atoms with Crippen molar-refractivity contribution in [3.8, 4) is 0 Å². The van der Waals surface area contributed by atoms with Gasteiger partial charge in [-0.25, -0.2) is 0 Å². The van der Waals surface area contributed by atoms with E-state index in [1.165, 1.54) is 5.57 Å². The quantitative estimate of drug-likeness (QED) is 0.626. The van der Waals surface area contributed by atoms with E-state index in [0.29, 0.717) is 5.57 Å². The molecule has 0 aliphatic heterocycles. The molecule has 1 aliphatic carbocycles. The zero-order valence-corrected chi connectivity index (χ0v) is 14.7. The Morgan fingerprint density at radius 1 is 1.26 bits per heavy atom. The van der Waals surface area contributed by atoms with Crippen LogP contribution in [-0.2, 0) is 4.79 Å². The number of allylic oxidation sites excluding steroid dienone is 8. The second kappa shape index (κ2) is 8.11. The van der Waals surface area contributed by atoms with Crippen LogP contribution >= 0.6 is 0 Å². The fraction of sp³-hybridized carbons (Fsp3) is 0.450. The molecular formula is C20H27O3-. The van der Waals surface area contributed by atoms with E-state index in [1.807, 2.05) is 32.1 Å². The van der Waals surface area contributed by atoms with Crippen LogP contribution in [0.25, 0.3) is 0 Å². The van der Waals surface area contributed by atoms with E-state index in [-0.39, 0.29) is 11.5 Å². The van der Waals surface area contributed by atoms with E-state index in [2.05, 4.69) is 19.9 Å². The average Bonchev–Trinajstić information content (AvgIpc) is 2.42. The molecule has 0 fully saturated rings. The van der Waals surface area contributed by atoms with Gasteiger partial charge in [0.25, 0.3) is 0 Å². The Labute approximate surface area is 139 Å². The number of hydrogen-bond acceptors (Lipinski definition) is 3. The van der Waals surface area contributed by atoms with Crippen LogP contribution in [0.1, 0.15) is 47.5 Å². The number of carboxylic acids is 1. The monoisotopic (exact) mass is 315 g/mol. The number of rotatable bonds is 5. The van der Waals surface area contributed by atoms with Gasteiger partial charge in [-0.1, -0.05) is 49.8 Å². The number of aliphatic hydroxyl groups excluding tert-OH is 1. The Morgan fingerprint density at radius 2 is 1.91 bits per heavy atom. The van der Waals surface area contributed by atoms with Crippen LogP contribution in [-0.4, -0.2) is 17.2 Å². The lowest BCUT2D eigenvalue weighted by atomic mass is 9.71. The second-order valence-electron chi connectivity index (χ2n) is 6.85. The number of carbonyl (C=O) groups excluding carboxylic acids is 1. The van der Waals surface area contributed by atoms with Crippen LogP contribution in [0.4, 0.5) is 0 Å². The largest absolute Gasteiger partial charge is 0.545 e. The maximum atomic E-state index is 10.4. The predicted molar refractivity (Wildman–Crippen MR) is 92.5 cm³/mol. The highest BCUT2D eigenvalue weighted by molar-refractivity contribution is 5.79. The summed E-state index contributed by atoms with van der Waals surface area (Å²) in [6.45, 7) is 10.1. The van der Waals surface area contributed by atoms with Crippen molar-refractivity contribution in [2.75, 3.05) is 0 Å². The third kappa shape index (κ3) is 6.03. The molecule has 3 nitrogen and oxygen atoms in total. The van der Waals surface area contributed by atoms with E-state index >= 15 is 0 Å². The van der Waals surface area contributed by atoms with Crippen LogP contribution in [0.15, 0.2) is 58.7 Å². The van der Waals surface area contributed by atoms with Crippen LogP contribution in [0.2, 0.25) is 0 Å². The average molecular weight is 315 g/mol. The maximum absolute atomic E-state index is 10.4. The van der Waals surface area contributed by atoms with Crippen molar-refractivity contribution in [2.24, 2.45) is 5.41 Å². The molecule has 3 heteroatoms. The molecule has 0 aromatic heterocycles. The van der Waals surface area contributed by atoms with E-state index < -0.39 is 5.97 Å². The van der Waals surface area contributed by atoms with Crippen molar-refractivity contribution in [3.05, 3.63) is 58.7 Å². The lowest BCUT2D eigenvalue weighted by Crippen LogP contribution is -2.27. The summed E-state index contributed by atoms with van der Waals surface area (Å²) in [4.78, 5) is 10.4. The Hall–Kier alpha value is -1.87. The molecule has 0 bridgehead atoms. The summed E-state index contributed by atoms with van der Waals surface area (Å²) in [5, 5.41) is 20.5. The Morgan fingerprint density at radius 3 is 2.52 bits per heavy atom. The molecule has 126 valence electrons. The standard InChI is InChI=1S/C20H28O3/c1-14(7-6-8-15(2)13-19(22)23)9-10-17-16(3)18(21)11-12-20(17,4)5/h6-10,13,18,21H,11-12H2,1-5H3,(H,22,23)/p-1/b8-6+,10-9+,14-7+,15-13+. The summed E-state index contributed by atoms with van der Waals surface area (Å²) >= 11 is 0. The maximum Gasteiger partial charge on any atom is 0.0753 e. The lowest BCUT2D eigenvalue weighted by molar-refractivity contribution is -0.297. The normalized spacial score (nSPS) is 23.1. The summed E-state index contributed by atoms with van der Waals surface area (Å²) in [5.41, 5.74) is 4.00. The molecule has 0 saturated carbocycles. The second-order valence-corrected chi connectivity index (χ2v) is 6.85. The molecule has 0 radical (unpaired) electrons. The fourth-order valence-corrected chi connectivity index (χ4v) is 2.78. The third-order valence-corrected chi connectivity index (χ3v) is 4.27. The zero-order chi connectivity index (χ0) is 17.6. The number of hydrogen-bond donors (Lipinski definition) is 1. The minimum Gasteiger partial charge on any atom is -0.545 e. The van der Waals surface area contributed by atoms with E-state index in [1.54, 1.807) is 13.0 Å². The molecular weight excluding hydrogens is 288 g/mol. The van der Waals surface area contributed by atoms with Gasteiger partial charge in [-0.15, -0.1) is 0 Å². The first-order valence-corrected chi connectivity index (χ1v) is 7.95. The lowest BCUT2D eigenvalue weighted by Gasteiger charge is -2.35. The molecule has 23 heavy (non-hydrogen) atoms. The molecule has 1 N–H and O–H groups in total. The topological polar surface area (TPSA) is 60.4 Å². The zero-order valence-electron chi connectivity index (χ0n) is 14.7. The van der Waals surface area contributed by atoms with Gasteiger partial charge in [0.1, 0.15) is 0 Å². The van der Waals surface area contributed by atoms with Gasteiger partial charge < -0.3 is 15.0 Å². The molecule has 1 rings (SSSR count). The first-order valence-electron chi connectivity index (χ1n) is 7.95. The van der Waals surface area contributed by atoms with Gasteiger partial charge in [0.15, 0.2) is 0 Å². The first-order chi connectivity index (χ1) is 10.6. The van der Waals surface area contributed by atoms with Crippen molar-refractivity contribution < 1.29 is 15.0 Å². The van der Waals surface area contributed by atoms with Gasteiger partial charge >= 0.3 is 0 Å². The van der Waals surface area contributed by atoms with Crippen molar-refractivity contribution in [3.63, 3.8) is 0 Å². The minimum absolute atomic E-state index is 0.0732. The predicted octanol–water partition coefficient (Wildman–Crippen LogP) is 3.24. The highest BCUT2D eigenvalue weighted by Gasteiger charge is 2.30. The Kier molecular flexibility index (Phi) is 6.77. The van der Waals surface area contributed by atoms with Crippen LogP contribution in [0.3, 0.4) is 0 Å². The molecule has 1 atom stereocenters. The molecule has 1 aliphatic rings. The number of carboxylic acid groups (broad SMARTS) is 1. The van der Waals surface area contributed by atoms with Gasteiger partial charge in [-0.05, 0) is 61.8 Å². The first kappa shape index (κ1) is 19.2. The number of aliphatic carboxylic acids is 1. The Balaban J connectivity index is 2.87. The van der Waals surface area contributed by atoms with E-state index in [4.69, 9.17) is 0 Å². The molecule has 1 unspecified atom stereocenters. The van der Waals surface area contributed by atoms with Gasteiger partial charge in [0, 0.05) is 0 Å². The summed E-state index contributed by atoms with van der Waals surface area (Å²) in [6.07, 6.45) is 12.1. The molecule has 0 aromatic carbocycles. The van der Waals surface area contributed by atoms with Gasteiger partial charge in [-0.2, -0.15) is 0 Å². The highest BCUT2D eigenvalue weighted by Crippen LogP contribution is 2.40. The molecule has 0 heterocycles. The van der Waals surface area contributed by atoms with Gasteiger partial charge in [-0.3, -0.25) is 0 Å². The minimum atomic E-state index is -1.19. The van der Waals surface area contributed by atoms with E-state index in [0.717, 1.165) is 30.1 Å². The summed E-state index contributed by atoms with van der Waals surface area (Å²) in [7, 11) is 0. The van der Waals surface area contributed by atoms with E-state index in [9.17, 15) is 15.0 Å². The highest BCUT2D eigenvalue weighted by atomic mass is 16.4. The number of carbonyl (C=O) groups is 1. The Bertz CT molecular complexity index is 598. The summed E-state index contributed by atoms with van der Waals surface area (Å²) in [5.74, 6) is -1.19. The number of aliphatic hydroxyl groups is 1. The van der Waals surface area contributed by atoms with Crippen molar-refractivity contribution in [1.29, 1.82) is 0 Å².